The molecule has 0 amide bonds. The van der Waals surface area contributed by atoms with E-state index in [9.17, 15) is 9.90 Å². The quantitative estimate of drug-likeness (QED) is 0.762. The van der Waals surface area contributed by atoms with Gasteiger partial charge < -0.3 is 15.6 Å². The lowest BCUT2D eigenvalue weighted by Crippen LogP contribution is -2.48. The molecule has 1 aliphatic rings. The van der Waals surface area contributed by atoms with Gasteiger partial charge in [0.2, 0.25) is 0 Å². The first-order chi connectivity index (χ1) is 9.12. The zero-order valence-electron chi connectivity index (χ0n) is 14.0. The van der Waals surface area contributed by atoms with Gasteiger partial charge in [-0.1, -0.05) is 27.7 Å². The highest BCUT2D eigenvalue weighted by Crippen LogP contribution is 2.32. The molecule has 1 atom stereocenters. The van der Waals surface area contributed by atoms with Crippen molar-refractivity contribution in [1.82, 2.24) is 0 Å². The largest absolute Gasteiger partial charge is 0.461 e. The van der Waals surface area contributed by atoms with Gasteiger partial charge in [0, 0.05) is 0 Å². The molecule has 0 saturated heterocycles. The van der Waals surface area contributed by atoms with Crippen molar-refractivity contribution in [2.45, 2.75) is 91.4 Å². The van der Waals surface area contributed by atoms with Gasteiger partial charge in [-0.3, -0.25) is 4.79 Å². The molecule has 0 aliphatic heterocycles. The van der Waals surface area contributed by atoms with E-state index in [1.54, 1.807) is 13.8 Å². The first-order valence-electron chi connectivity index (χ1n) is 7.80. The number of hydrogen-bond donors (Lipinski definition) is 2. The van der Waals surface area contributed by atoms with Crippen LogP contribution < -0.4 is 5.73 Å². The first-order valence-corrected chi connectivity index (χ1v) is 7.80. The van der Waals surface area contributed by atoms with Crippen molar-refractivity contribution in [1.29, 1.82) is 0 Å². The van der Waals surface area contributed by atoms with Crippen molar-refractivity contribution in [3.63, 3.8) is 0 Å². The smallest absolute Gasteiger partial charge is 0.323 e. The molecule has 1 saturated carbocycles. The van der Waals surface area contributed by atoms with Crippen LogP contribution in [-0.4, -0.2) is 28.8 Å². The Morgan fingerprint density at radius 3 is 2.10 bits per heavy atom. The molecular weight excluding hydrogens is 254 g/mol. The topological polar surface area (TPSA) is 72.5 Å². The summed E-state index contributed by atoms with van der Waals surface area (Å²) in [6, 6.07) is -0.690. The summed E-state index contributed by atoms with van der Waals surface area (Å²) in [5.41, 5.74) is 4.68. The van der Waals surface area contributed by atoms with Gasteiger partial charge in [-0.05, 0) is 51.4 Å². The van der Waals surface area contributed by atoms with Gasteiger partial charge >= 0.3 is 5.97 Å². The molecule has 4 nitrogen and oxygen atoms in total. The van der Waals surface area contributed by atoms with Crippen molar-refractivity contribution in [3.8, 4) is 0 Å². The van der Waals surface area contributed by atoms with Gasteiger partial charge in [0.25, 0.3) is 0 Å². The highest BCUT2D eigenvalue weighted by molar-refractivity contribution is 5.76. The van der Waals surface area contributed by atoms with Gasteiger partial charge in [-0.25, -0.2) is 0 Å². The standard InChI is InChI=1S/C14H27NO3.C2H6/c1-13(2,9-14(3,4)17)11(15)12(16)18-10-7-5-6-8-10;1-2/h10-11,17H,5-9,15H2,1-4H3;1-2H3. The fourth-order valence-electron chi connectivity index (χ4n) is 2.79. The number of nitrogens with two attached hydrogens (primary N) is 1. The first kappa shape index (κ1) is 19.4. The van der Waals surface area contributed by atoms with E-state index in [0.717, 1.165) is 25.7 Å². The highest BCUT2D eigenvalue weighted by Gasteiger charge is 2.38. The fourth-order valence-corrected chi connectivity index (χ4v) is 2.79. The minimum absolute atomic E-state index is 0.0430. The molecule has 3 N–H and O–H groups in total. The van der Waals surface area contributed by atoms with Crippen molar-refractivity contribution in [2.75, 3.05) is 0 Å². The van der Waals surface area contributed by atoms with Crippen LogP contribution in [0.15, 0.2) is 0 Å². The number of hydrogen-bond acceptors (Lipinski definition) is 4. The summed E-state index contributed by atoms with van der Waals surface area (Å²) in [6.07, 6.45) is 4.65. The third kappa shape index (κ3) is 6.71. The van der Waals surface area contributed by atoms with Crippen LogP contribution in [0.25, 0.3) is 0 Å². The zero-order valence-corrected chi connectivity index (χ0v) is 14.0. The predicted molar refractivity (Wildman–Crippen MR) is 82.4 cm³/mol. The lowest BCUT2D eigenvalue weighted by Gasteiger charge is -2.35. The number of esters is 1. The third-order valence-electron chi connectivity index (χ3n) is 3.57. The molecule has 0 aromatic rings. The number of ether oxygens (including phenoxy) is 1. The Morgan fingerprint density at radius 1 is 1.25 bits per heavy atom. The molecule has 1 aliphatic carbocycles. The summed E-state index contributed by atoms with van der Waals surface area (Å²) in [5.74, 6) is -0.337. The van der Waals surface area contributed by atoms with Crippen LogP contribution in [0.1, 0.15) is 73.6 Å². The van der Waals surface area contributed by atoms with Gasteiger partial charge in [-0.15, -0.1) is 0 Å². The maximum absolute atomic E-state index is 12.0. The van der Waals surface area contributed by atoms with Crippen LogP contribution in [0.5, 0.6) is 0 Å². The summed E-state index contributed by atoms with van der Waals surface area (Å²) in [7, 11) is 0. The van der Waals surface area contributed by atoms with E-state index in [-0.39, 0.29) is 12.1 Å². The maximum Gasteiger partial charge on any atom is 0.323 e. The summed E-state index contributed by atoms with van der Waals surface area (Å²) < 4.78 is 5.43. The van der Waals surface area contributed by atoms with E-state index in [2.05, 4.69) is 0 Å². The normalized spacial score (nSPS) is 18.2. The van der Waals surface area contributed by atoms with E-state index in [1.807, 2.05) is 27.7 Å². The average Bonchev–Trinajstić information content (AvgIpc) is 2.80. The number of aliphatic hydroxyl groups is 1. The Hall–Kier alpha value is -0.610. The van der Waals surface area contributed by atoms with E-state index in [0.29, 0.717) is 6.42 Å². The number of rotatable bonds is 5. The summed E-state index contributed by atoms with van der Waals surface area (Å²) in [5, 5.41) is 9.86. The van der Waals surface area contributed by atoms with Gasteiger partial charge in [0.05, 0.1) is 5.60 Å². The van der Waals surface area contributed by atoms with E-state index in [1.165, 1.54) is 0 Å². The lowest BCUT2D eigenvalue weighted by molar-refractivity contribution is -0.154. The molecule has 0 bridgehead atoms. The van der Waals surface area contributed by atoms with E-state index in [4.69, 9.17) is 10.5 Å². The lowest BCUT2D eigenvalue weighted by atomic mass is 9.76. The Bertz CT molecular complexity index is 289. The van der Waals surface area contributed by atoms with Crippen LogP contribution >= 0.6 is 0 Å². The van der Waals surface area contributed by atoms with Crippen molar-refractivity contribution < 1.29 is 14.6 Å². The second kappa shape index (κ2) is 7.99. The number of carbonyl (C=O) groups is 1. The Labute approximate surface area is 124 Å². The van der Waals surface area contributed by atoms with Gasteiger partial charge in [0.15, 0.2) is 0 Å². The predicted octanol–water partition coefficient (Wildman–Crippen LogP) is 3.01. The monoisotopic (exact) mass is 287 g/mol. The summed E-state index contributed by atoms with van der Waals surface area (Å²) >= 11 is 0. The van der Waals surface area contributed by atoms with Crippen LogP contribution in [0.2, 0.25) is 0 Å². The van der Waals surface area contributed by atoms with Crippen LogP contribution in [0, 0.1) is 5.41 Å². The third-order valence-corrected chi connectivity index (χ3v) is 3.57. The number of carbonyl (C=O) groups excluding carboxylic acids is 1. The van der Waals surface area contributed by atoms with Crippen LogP contribution in [-0.2, 0) is 9.53 Å². The Balaban J connectivity index is 0.00000172. The summed E-state index contributed by atoms with van der Waals surface area (Å²) in [6.45, 7) is 11.2. The van der Waals surface area contributed by atoms with Crippen molar-refractivity contribution in [3.05, 3.63) is 0 Å². The zero-order chi connectivity index (χ0) is 16.0. The summed E-state index contributed by atoms with van der Waals surface area (Å²) in [4.78, 5) is 12.0. The van der Waals surface area contributed by atoms with E-state index < -0.39 is 17.1 Å². The average molecular weight is 287 g/mol. The van der Waals surface area contributed by atoms with Crippen molar-refractivity contribution in [2.24, 2.45) is 11.1 Å². The molecular formula is C16H33NO3. The Morgan fingerprint density at radius 2 is 1.70 bits per heavy atom. The van der Waals surface area contributed by atoms with Gasteiger partial charge in [0.1, 0.15) is 12.1 Å². The van der Waals surface area contributed by atoms with Gasteiger partial charge in [-0.2, -0.15) is 0 Å². The molecule has 0 spiro atoms. The van der Waals surface area contributed by atoms with E-state index >= 15 is 0 Å². The fraction of sp³-hybridized carbons (Fsp3) is 0.938. The Kier molecular flexibility index (Phi) is 7.74. The molecule has 0 aromatic heterocycles. The molecule has 20 heavy (non-hydrogen) atoms. The molecule has 4 heteroatoms. The molecule has 1 unspecified atom stereocenters. The molecule has 0 heterocycles. The van der Waals surface area contributed by atoms with Crippen LogP contribution in [0.3, 0.4) is 0 Å². The SMILES string of the molecule is CC.CC(C)(O)CC(C)(C)C(N)C(=O)OC1CCCC1. The molecule has 0 radical (unpaired) electrons. The minimum Gasteiger partial charge on any atom is -0.461 e. The second-order valence-corrected chi connectivity index (χ2v) is 6.80. The maximum atomic E-state index is 12.0. The molecule has 1 fully saturated rings. The molecule has 120 valence electrons. The molecule has 0 aromatic carbocycles. The second-order valence-electron chi connectivity index (χ2n) is 6.80. The van der Waals surface area contributed by atoms with Crippen LogP contribution in [0.4, 0.5) is 0 Å². The highest BCUT2D eigenvalue weighted by atomic mass is 16.5. The minimum atomic E-state index is -0.839. The van der Waals surface area contributed by atoms with Crippen molar-refractivity contribution >= 4 is 5.97 Å². The molecule has 1 rings (SSSR count).